The van der Waals surface area contributed by atoms with Crippen LogP contribution < -0.4 is 4.72 Å². The lowest BCUT2D eigenvalue weighted by molar-refractivity contribution is 0.103. The topological polar surface area (TPSA) is 126 Å². The minimum absolute atomic E-state index is 0.0634. The highest BCUT2D eigenvalue weighted by atomic mass is 32.2. The molecule has 1 aliphatic rings. The van der Waals surface area contributed by atoms with Crippen molar-refractivity contribution in [3.63, 3.8) is 0 Å². The number of benzene rings is 2. The number of fused-ring (bicyclic) bond motifs is 2. The summed E-state index contributed by atoms with van der Waals surface area (Å²) in [5.41, 5.74) is 2.16. The summed E-state index contributed by atoms with van der Waals surface area (Å²) < 4.78 is 28.0. The summed E-state index contributed by atoms with van der Waals surface area (Å²) in [7, 11) is 0.0200. The first-order valence-electron chi connectivity index (χ1n) is 10.1. The number of rotatable bonds is 6. The monoisotopic (exact) mass is 452 g/mol. The second kappa shape index (κ2) is 8.01. The Morgan fingerprint density at radius 3 is 2.31 bits per heavy atom. The van der Waals surface area contributed by atoms with Crippen molar-refractivity contribution in [2.75, 3.05) is 20.6 Å². The van der Waals surface area contributed by atoms with E-state index in [1.165, 1.54) is 12.1 Å². The number of ketones is 1. The van der Waals surface area contributed by atoms with Gasteiger partial charge in [0, 0.05) is 23.7 Å². The molecule has 3 aromatic rings. The SMILES string of the molecule is CC(CN(C)C)NS(=O)(=O)c1ccc(-c2[nH]c(O)c3c2C(=O)c2ccccc2C3=N)cc1. The molecule has 0 radical (unpaired) electrons. The smallest absolute Gasteiger partial charge is 0.240 e. The molecule has 1 unspecified atom stereocenters. The lowest BCUT2D eigenvalue weighted by atomic mass is 9.84. The maximum atomic E-state index is 13.2. The van der Waals surface area contributed by atoms with E-state index in [1.807, 2.05) is 19.0 Å². The summed E-state index contributed by atoms with van der Waals surface area (Å²) in [6.07, 6.45) is 0. The average molecular weight is 453 g/mol. The van der Waals surface area contributed by atoms with Crippen LogP contribution in [0.1, 0.15) is 34.0 Å². The van der Waals surface area contributed by atoms with Crippen molar-refractivity contribution >= 4 is 21.5 Å². The first-order chi connectivity index (χ1) is 15.1. The Labute approximate surface area is 186 Å². The Kier molecular flexibility index (Phi) is 5.49. The molecule has 0 saturated heterocycles. The van der Waals surface area contributed by atoms with Crippen molar-refractivity contribution in [3.05, 3.63) is 70.8 Å². The number of nitrogens with one attached hydrogen (secondary N) is 3. The third-order valence-corrected chi connectivity index (χ3v) is 6.95. The van der Waals surface area contributed by atoms with E-state index in [4.69, 9.17) is 5.41 Å². The van der Waals surface area contributed by atoms with Gasteiger partial charge in [-0.2, -0.15) is 0 Å². The number of hydrogen-bond acceptors (Lipinski definition) is 6. The molecule has 0 aliphatic heterocycles. The van der Waals surface area contributed by atoms with Gasteiger partial charge in [0.1, 0.15) is 0 Å². The Balaban J connectivity index is 1.70. The van der Waals surface area contributed by atoms with Crippen LogP contribution >= 0.6 is 0 Å². The van der Waals surface area contributed by atoms with Crippen LogP contribution in [0.4, 0.5) is 0 Å². The van der Waals surface area contributed by atoms with Gasteiger partial charge in [-0.1, -0.05) is 36.4 Å². The fourth-order valence-corrected chi connectivity index (χ4v) is 5.30. The van der Waals surface area contributed by atoms with Gasteiger partial charge >= 0.3 is 0 Å². The van der Waals surface area contributed by atoms with Crippen LogP contribution in [0.2, 0.25) is 0 Å². The van der Waals surface area contributed by atoms with Gasteiger partial charge < -0.3 is 15.0 Å². The van der Waals surface area contributed by atoms with E-state index in [2.05, 4.69) is 9.71 Å². The third-order valence-electron chi connectivity index (χ3n) is 5.35. The minimum atomic E-state index is -3.71. The summed E-state index contributed by atoms with van der Waals surface area (Å²) >= 11 is 0. The fraction of sp³-hybridized carbons (Fsp3) is 0.217. The van der Waals surface area contributed by atoms with E-state index in [9.17, 15) is 18.3 Å². The van der Waals surface area contributed by atoms with Gasteiger partial charge in [-0.15, -0.1) is 0 Å². The molecule has 8 nitrogen and oxygen atoms in total. The number of aromatic hydroxyl groups is 1. The van der Waals surface area contributed by atoms with Crippen LogP contribution in [0.15, 0.2) is 53.4 Å². The Hall–Kier alpha value is -3.27. The van der Waals surface area contributed by atoms with Crippen molar-refractivity contribution in [1.29, 1.82) is 5.41 Å². The standard InChI is InChI=1S/C23H24N4O4S/c1-13(12-27(2)3)26-32(30,31)15-10-8-14(9-11-15)21-19-18(23(29)25-21)20(24)16-6-4-5-7-17(16)22(19)28/h4-11,13,24-26,29H,12H2,1-3H3. The van der Waals surface area contributed by atoms with E-state index >= 15 is 0 Å². The second-order valence-electron chi connectivity index (χ2n) is 8.16. The average Bonchev–Trinajstić information content (AvgIpc) is 3.08. The predicted octanol–water partition coefficient (Wildman–Crippen LogP) is 2.58. The van der Waals surface area contributed by atoms with Crippen LogP contribution in [0.25, 0.3) is 11.3 Å². The van der Waals surface area contributed by atoms with Crippen molar-refractivity contribution in [3.8, 4) is 17.1 Å². The van der Waals surface area contributed by atoms with Crippen molar-refractivity contribution in [1.82, 2.24) is 14.6 Å². The van der Waals surface area contributed by atoms with E-state index in [0.29, 0.717) is 28.9 Å². The molecule has 2 aromatic carbocycles. The van der Waals surface area contributed by atoms with E-state index in [1.54, 1.807) is 43.3 Å². The molecule has 1 heterocycles. The Bertz CT molecular complexity index is 1320. The number of nitrogens with zero attached hydrogens (tertiary/aromatic N) is 1. The van der Waals surface area contributed by atoms with E-state index in [-0.39, 0.29) is 39.4 Å². The van der Waals surface area contributed by atoms with Crippen molar-refractivity contribution < 1.29 is 18.3 Å². The highest BCUT2D eigenvalue weighted by Gasteiger charge is 2.34. The summed E-state index contributed by atoms with van der Waals surface area (Å²) in [6, 6.07) is 12.6. The largest absolute Gasteiger partial charge is 0.494 e. The Morgan fingerprint density at radius 1 is 1.06 bits per heavy atom. The summed E-state index contributed by atoms with van der Waals surface area (Å²) in [5, 5.41) is 18.9. The number of likely N-dealkylation sites (N-methyl/N-ethyl adjacent to an activating group) is 1. The van der Waals surface area contributed by atoms with Crippen LogP contribution in [0, 0.1) is 5.41 Å². The normalized spacial score (nSPS) is 14.4. The number of hydrogen-bond donors (Lipinski definition) is 4. The van der Waals surface area contributed by atoms with Crippen LogP contribution in [-0.4, -0.2) is 61.6 Å². The Morgan fingerprint density at radius 2 is 1.69 bits per heavy atom. The van der Waals surface area contributed by atoms with Gasteiger partial charge in [-0.25, -0.2) is 13.1 Å². The quantitative estimate of drug-likeness (QED) is 0.358. The zero-order valence-electron chi connectivity index (χ0n) is 17.9. The van der Waals surface area contributed by atoms with Gasteiger partial charge in [-0.05, 0) is 38.7 Å². The molecule has 4 rings (SSSR count). The summed E-state index contributed by atoms with van der Waals surface area (Å²) in [6.45, 7) is 2.35. The van der Waals surface area contributed by atoms with Crippen molar-refractivity contribution in [2.24, 2.45) is 0 Å². The van der Waals surface area contributed by atoms with Gasteiger partial charge in [0.05, 0.1) is 27.4 Å². The summed E-state index contributed by atoms with van der Waals surface area (Å²) in [4.78, 5) is 18.0. The molecular weight excluding hydrogens is 428 g/mol. The van der Waals surface area contributed by atoms with Gasteiger partial charge in [0.15, 0.2) is 11.7 Å². The van der Waals surface area contributed by atoms with Gasteiger partial charge in [0.2, 0.25) is 10.0 Å². The first kappa shape index (κ1) is 21.9. The maximum absolute atomic E-state index is 13.2. The number of carbonyl (C=O) groups excluding carboxylic acids is 1. The summed E-state index contributed by atoms with van der Waals surface area (Å²) in [5.74, 6) is -0.562. The molecule has 0 bridgehead atoms. The van der Waals surface area contributed by atoms with Gasteiger partial charge in [-0.3, -0.25) is 10.2 Å². The molecule has 0 amide bonds. The van der Waals surface area contributed by atoms with E-state index < -0.39 is 10.0 Å². The van der Waals surface area contributed by atoms with Crippen LogP contribution in [-0.2, 0) is 10.0 Å². The third kappa shape index (κ3) is 3.75. The predicted molar refractivity (Wildman–Crippen MR) is 122 cm³/mol. The lowest BCUT2D eigenvalue weighted by Crippen LogP contribution is -2.39. The number of aromatic nitrogens is 1. The number of aromatic amines is 1. The zero-order valence-corrected chi connectivity index (χ0v) is 18.7. The lowest BCUT2D eigenvalue weighted by Gasteiger charge is -2.18. The van der Waals surface area contributed by atoms with Crippen molar-refractivity contribution in [2.45, 2.75) is 17.9 Å². The molecule has 0 spiro atoms. The molecule has 1 aromatic heterocycles. The van der Waals surface area contributed by atoms with Gasteiger partial charge in [0.25, 0.3) is 0 Å². The number of H-pyrrole nitrogens is 1. The fourth-order valence-electron chi connectivity index (χ4n) is 4.06. The molecule has 1 atom stereocenters. The number of carbonyl (C=O) groups is 1. The molecular formula is C23H24N4O4S. The zero-order chi connectivity index (χ0) is 23.2. The molecule has 166 valence electrons. The maximum Gasteiger partial charge on any atom is 0.240 e. The second-order valence-corrected chi connectivity index (χ2v) is 9.87. The van der Waals surface area contributed by atoms with Crippen LogP contribution in [0.5, 0.6) is 5.88 Å². The highest BCUT2D eigenvalue weighted by Crippen LogP contribution is 2.39. The molecule has 1 aliphatic carbocycles. The van der Waals surface area contributed by atoms with E-state index in [0.717, 1.165) is 0 Å². The molecule has 0 fully saturated rings. The molecule has 4 N–H and O–H groups in total. The molecule has 32 heavy (non-hydrogen) atoms. The first-order valence-corrected chi connectivity index (χ1v) is 11.5. The minimum Gasteiger partial charge on any atom is -0.494 e. The van der Waals surface area contributed by atoms with Crippen LogP contribution in [0.3, 0.4) is 0 Å². The number of sulfonamides is 1. The molecule has 9 heteroatoms. The molecule has 0 saturated carbocycles. The highest BCUT2D eigenvalue weighted by molar-refractivity contribution is 7.89.